The lowest BCUT2D eigenvalue weighted by Crippen LogP contribution is -2.20. The first-order valence-corrected chi connectivity index (χ1v) is 8.61. The maximum Gasteiger partial charge on any atom is 0.254 e. The fourth-order valence-electron chi connectivity index (χ4n) is 2.81. The van der Waals surface area contributed by atoms with Crippen LogP contribution in [0.3, 0.4) is 0 Å². The molecule has 1 amide bonds. The van der Waals surface area contributed by atoms with Crippen molar-refractivity contribution < 1.29 is 9.53 Å². The van der Waals surface area contributed by atoms with Crippen molar-refractivity contribution in [2.75, 3.05) is 12.4 Å². The summed E-state index contributed by atoms with van der Waals surface area (Å²) in [6.45, 7) is 0. The van der Waals surface area contributed by atoms with Crippen LogP contribution in [0.4, 0.5) is 5.82 Å². The number of benzene rings is 2. The zero-order valence-electron chi connectivity index (χ0n) is 15.0. The predicted molar refractivity (Wildman–Crippen MR) is 104 cm³/mol. The molecule has 28 heavy (non-hydrogen) atoms. The summed E-state index contributed by atoms with van der Waals surface area (Å²) in [5.74, 6) is 1.39. The number of aromatic amines is 1. The Hall–Kier alpha value is -3.94. The fourth-order valence-corrected chi connectivity index (χ4v) is 2.81. The maximum absolute atomic E-state index is 12.4. The van der Waals surface area contributed by atoms with Crippen LogP contribution in [0.5, 0.6) is 5.75 Å². The molecule has 0 fully saturated rings. The minimum atomic E-state index is -0.379. The van der Waals surface area contributed by atoms with Crippen molar-refractivity contribution in [1.29, 1.82) is 0 Å². The van der Waals surface area contributed by atoms with Gasteiger partial charge in [0, 0.05) is 11.6 Å². The molecule has 2 aromatic carbocycles. The number of nitrogens with one attached hydrogen (secondary N) is 2. The Labute approximate surface area is 159 Å². The molecule has 0 saturated heterocycles. The molecule has 0 radical (unpaired) electrons. The van der Waals surface area contributed by atoms with Crippen LogP contribution in [0, 0.1) is 0 Å². The number of fused-ring (bicyclic) bond motifs is 1. The number of H-pyrrole nitrogens is 1. The lowest BCUT2D eigenvalue weighted by molar-refractivity contribution is -0.115. The van der Waals surface area contributed by atoms with Crippen molar-refractivity contribution in [3.63, 3.8) is 0 Å². The maximum atomic E-state index is 12.4. The molecule has 2 heterocycles. The van der Waals surface area contributed by atoms with E-state index in [0.717, 1.165) is 16.9 Å². The van der Waals surface area contributed by atoms with E-state index in [-0.39, 0.29) is 29.5 Å². The van der Waals surface area contributed by atoms with Crippen LogP contribution in [-0.2, 0) is 11.2 Å². The summed E-state index contributed by atoms with van der Waals surface area (Å²) in [4.78, 5) is 31.3. The standard InChI is InChI=1S/C20H17N5O3/c1-28-15-9-7-14(8-10-15)19-23-20-22-18(27)12-16(25(20)24-19)21-17(26)11-13-5-3-2-4-6-13/h2-10,12H,11H2,1H3,(H,21,26)(H,22,23,24,27). The quantitative estimate of drug-likeness (QED) is 0.557. The highest BCUT2D eigenvalue weighted by atomic mass is 16.5. The SMILES string of the molecule is COc1ccc(-c2nc3[nH]c(=O)cc(NC(=O)Cc4ccccc4)n3n2)cc1. The van der Waals surface area contributed by atoms with E-state index in [2.05, 4.69) is 20.4 Å². The summed E-state index contributed by atoms with van der Waals surface area (Å²) in [7, 11) is 1.59. The largest absolute Gasteiger partial charge is 0.497 e. The average Bonchev–Trinajstić information content (AvgIpc) is 3.13. The summed E-state index contributed by atoms with van der Waals surface area (Å²) in [5, 5.41) is 7.16. The summed E-state index contributed by atoms with van der Waals surface area (Å²) in [5.41, 5.74) is 1.25. The number of hydrogen-bond acceptors (Lipinski definition) is 5. The van der Waals surface area contributed by atoms with Gasteiger partial charge in [-0.25, -0.2) is 0 Å². The normalized spacial score (nSPS) is 10.8. The number of hydrogen-bond donors (Lipinski definition) is 2. The minimum Gasteiger partial charge on any atom is -0.497 e. The van der Waals surface area contributed by atoms with E-state index in [1.807, 2.05) is 42.5 Å². The minimum absolute atomic E-state index is 0.190. The van der Waals surface area contributed by atoms with Crippen LogP contribution in [-0.4, -0.2) is 32.6 Å². The monoisotopic (exact) mass is 375 g/mol. The first-order valence-electron chi connectivity index (χ1n) is 8.61. The Bertz CT molecular complexity index is 1180. The van der Waals surface area contributed by atoms with Gasteiger partial charge in [0.1, 0.15) is 11.6 Å². The van der Waals surface area contributed by atoms with Crippen molar-refractivity contribution >= 4 is 17.5 Å². The second kappa shape index (κ2) is 7.36. The molecule has 0 atom stereocenters. The molecule has 0 aliphatic heterocycles. The molecule has 0 aliphatic carbocycles. The molecule has 2 aromatic heterocycles. The first kappa shape index (κ1) is 17.5. The molecule has 0 unspecified atom stereocenters. The van der Waals surface area contributed by atoms with Gasteiger partial charge in [0.05, 0.1) is 13.5 Å². The van der Waals surface area contributed by atoms with Gasteiger partial charge < -0.3 is 10.1 Å². The first-order chi connectivity index (χ1) is 13.6. The Balaban J connectivity index is 1.65. The Kier molecular flexibility index (Phi) is 4.59. The number of aromatic nitrogens is 4. The van der Waals surface area contributed by atoms with Crippen molar-refractivity contribution in [3.05, 3.63) is 76.6 Å². The van der Waals surface area contributed by atoms with E-state index >= 15 is 0 Å². The van der Waals surface area contributed by atoms with Crippen LogP contribution in [0.15, 0.2) is 65.5 Å². The highest BCUT2D eigenvalue weighted by Crippen LogP contribution is 2.20. The van der Waals surface area contributed by atoms with Crippen molar-refractivity contribution in [3.8, 4) is 17.1 Å². The highest BCUT2D eigenvalue weighted by Gasteiger charge is 2.13. The van der Waals surface area contributed by atoms with E-state index < -0.39 is 0 Å². The molecule has 0 saturated carbocycles. The third kappa shape index (κ3) is 3.61. The molecule has 0 bridgehead atoms. The Morgan fingerprint density at radius 3 is 2.61 bits per heavy atom. The molecular formula is C20H17N5O3. The zero-order chi connectivity index (χ0) is 19.5. The molecular weight excluding hydrogens is 358 g/mol. The summed E-state index contributed by atoms with van der Waals surface area (Å²) < 4.78 is 6.56. The van der Waals surface area contributed by atoms with Gasteiger partial charge in [-0.15, -0.1) is 5.10 Å². The second-order valence-electron chi connectivity index (χ2n) is 6.13. The average molecular weight is 375 g/mol. The number of ether oxygens (including phenoxy) is 1. The smallest absolute Gasteiger partial charge is 0.254 e. The van der Waals surface area contributed by atoms with E-state index in [4.69, 9.17) is 4.74 Å². The zero-order valence-corrected chi connectivity index (χ0v) is 15.0. The third-order valence-electron chi connectivity index (χ3n) is 4.16. The van der Waals surface area contributed by atoms with E-state index in [0.29, 0.717) is 5.82 Å². The van der Waals surface area contributed by atoms with Crippen LogP contribution in [0.1, 0.15) is 5.56 Å². The van der Waals surface area contributed by atoms with Gasteiger partial charge in [-0.3, -0.25) is 14.6 Å². The molecule has 4 rings (SSSR count). The second-order valence-corrected chi connectivity index (χ2v) is 6.13. The van der Waals surface area contributed by atoms with E-state index in [1.165, 1.54) is 10.6 Å². The molecule has 0 aliphatic rings. The predicted octanol–water partition coefficient (Wildman–Crippen LogP) is 2.27. The molecule has 8 nitrogen and oxygen atoms in total. The topological polar surface area (TPSA) is 101 Å². The number of rotatable bonds is 5. The number of anilines is 1. The summed E-state index contributed by atoms with van der Waals surface area (Å²) in [6, 6.07) is 17.9. The van der Waals surface area contributed by atoms with Crippen LogP contribution in [0.2, 0.25) is 0 Å². The van der Waals surface area contributed by atoms with Crippen molar-refractivity contribution in [2.45, 2.75) is 6.42 Å². The summed E-state index contributed by atoms with van der Waals surface area (Å²) >= 11 is 0. The van der Waals surface area contributed by atoms with Crippen molar-refractivity contribution in [1.82, 2.24) is 19.6 Å². The Morgan fingerprint density at radius 1 is 1.14 bits per heavy atom. The van der Waals surface area contributed by atoms with Gasteiger partial charge in [-0.05, 0) is 29.8 Å². The lowest BCUT2D eigenvalue weighted by Gasteiger charge is -2.06. The van der Waals surface area contributed by atoms with Gasteiger partial charge >= 0.3 is 0 Å². The van der Waals surface area contributed by atoms with Gasteiger partial charge in [0.15, 0.2) is 5.82 Å². The number of amides is 1. The van der Waals surface area contributed by atoms with Crippen molar-refractivity contribution in [2.24, 2.45) is 0 Å². The van der Waals surface area contributed by atoms with E-state index in [9.17, 15) is 9.59 Å². The Morgan fingerprint density at radius 2 is 1.89 bits per heavy atom. The fraction of sp³-hybridized carbons (Fsp3) is 0.100. The number of carbonyl (C=O) groups is 1. The number of methoxy groups -OCH3 is 1. The molecule has 2 N–H and O–H groups in total. The molecule has 140 valence electrons. The molecule has 4 aromatic rings. The van der Waals surface area contributed by atoms with Gasteiger partial charge in [-0.1, -0.05) is 30.3 Å². The number of nitrogens with zero attached hydrogens (tertiary/aromatic N) is 3. The number of carbonyl (C=O) groups excluding carboxylic acids is 1. The summed E-state index contributed by atoms with van der Waals surface area (Å²) in [6.07, 6.45) is 0.190. The molecule has 0 spiro atoms. The van der Waals surface area contributed by atoms with Gasteiger partial charge in [-0.2, -0.15) is 9.50 Å². The highest BCUT2D eigenvalue weighted by molar-refractivity contribution is 5.91. The lowest BCUT2D eigenvalue weighted by atomic mass is 10.1. The molecule has 8 heteroatoms. The van der Waals surface area contributed by atoms with E-state index in [1.54, 1.807) is 19.2 Å². The van der Waals surface area contributed by atoms with Crippen LogP contribution in [0.25, 0.3) is 17.2 Å². The van der Waals surface area contributed by atoms with Crippen LogP contribution >= 0.6 is 0 Å². The third-order valence-corrected chi connectivity index (χ3v) is 4.16. The van der Waals surface area contributed by atoms with Crippen LogP contribution < -0.4 is 15.6 Å². The van der Waals surface area contributed by atoms with Gasteiger partial charge in [0.2, 0.25) is 11.7 Å². The van der Waals surface area contributed by atoms with Gasteiger partial charge in [0.25, 0.3) is 5.56 Å².